The molecule has 0 aliphatic heterocycles. The molecule has 0 bridgehead atoms. The highest BCUT2D eigenvalue weighted by Crippen LogP contribution is 2.44. The monoisotopic (exact) mass is 294 g/mol. The fourth-order valence-corrected chi connectivity index (χ4v) is 3.60. The smallest absolute Gasteiger partial charge is 0.404 e. The van der Waals surface area contributed by atoms with Gasteiger partial charge in [-0.3, -0.25) is 0 Å². The van der Waals surface area contributed by atoms with Gasteiger partial charge in [-0.25, -0.2) is 4.79 Å². The van der Waals surface area contributed by atoms with E-state index >= 15 is 0 Å². The predicted octanol–water partition coefficient (Wildman–Crippen LogP) is 5.14. The minimum Gasteiger partial charge on any atom is -0.450 e. The van der Waals surface area contributed by atoms with Crippen molar-refractivity contribution in [1.29, 1.82) is 0 Å². The summed E-state index contributed by atoms with van der Waals surface area (Å²) in [5, 5.41) is 0. The largest absolute Gasteiger partial charge is 0.450 e. The van der Waals surface area contributed by atoms with Crippen molar-refractivity contribution in [3.8, 4) is 0 Å². The van der Waals surface area contributed by atoms with E-state index in [1.54, 1.807) is 0 Å². The summed E-state index contributed by atoms with van der Waals surface area (Å²) in [6, 6.07) is 10.5. The van der Waals surface area contributed by atoms with Crippen LogP contribution < -0.4 is 0 Å². The van der Waals surface area contributed by atoms with Crippen molar-refractivity contribution >= 4 is 17.0 Å². The van der Waals surface area contributed by atoms with Crippen molar-refractivity contribution in [2.45, 2.75) is 51.6 Å². The van der Waals surface area contributed by atoms with E-state index in [1.807, 2.05) is 6.07 Å². The molecular weight excluding hydrogens is 272 g/mol. The molecule has 3 atom stereocenters. The molecule has 3 heteroatoms. The molecule has 0 saturated heterocycles. The second-order valence-electron chi connectivity index (χ2n) is 6.47. The van der Waals surface area contributed by atoms with Crippen LogP contribution in [-0.2, 0) is 10.2 Å². The van der Waals surface area contributed by atoms with E-state index in [9.17, 15) is 4.79 Å². The highest BCUT2D eigenvalue weighted by Gasteiger charge is 2.41. The Kier molecular flexibility index (Phi) is 4.74. The molecule has 0 N–H and O–H groups in total. The standard InChI is InChI=1S/C17H23ClO2/c1-12(2)14-9-10-17(3,11-15(14)20-16(18)19)13-7-5-4-6-8-13/h4-8,12,14-15H,9-11H2,1-3H3. The fraction of sp³-hybridized carbons (Fsp3) is 0.588. The van der Waals surface area contributed by atoms with Gasteiger partial charge >= 0.3 is 5.43 Å². The zero-order valence-corrected chi connectivity index (χ0v) is 13.2. The highest BCUT2D eigenvalue weighted by molar-refractivity contribution is 6.61. The Morgan fingerprint density at radius 1 is 1.35 bits per heavy atom. The Bertz CT molecular complexity index is 457. The lowest BCUT2D eigenvalue weighted by Crippen LogP contribution is -2.42. The molecule has 110 valence electrons. The number of hydrogen-bond acceptors (Lipinski definition) is 2. The zero-order valence-electron chi connectivity index (χ0n) is 12.4. The number of benzene rings is 1. The second-order valence-corrected chi connectivity index (χ2v) is 6.78. The van der Waals surface area contributed by atoms with Gasteiger partial charge in [-0.15, -0.1) is 0 Å². The van der Waals surface area contributed by atoms with Gasteiger partial charge in [0.15, 0.2) is 0 Å². The van der Waals surface area contributed by atoms with Gasteiger partial charge < -0.3 is 4.74 Å². The van der Waals surface area contributed by atoms with Crippen LogP contribution in [0.4, 0.5) is 4.79 Å². The fourth-order valence-electron chi connectivity index (χ4n) is 3.48. The first-order valence-corrected chi connectivity index (χ1v) is 7.72. The van der Waals surface area contributed by atoms with Crippen LogP contribution in [-0.4, -0.2) is 11.5 Å². The minimum atomic E-state index is -0.682. The molecule has 0 amide bonds. The second kappa shape index (κ2) is 6.17. The third-order valence-corrected chi connectivity index (χ3v) is 4.82. The number of ether oxygens (including phenoxy) is 1. The third kappa shape index (κ3) is 3.35. The van der Waals surface area contributed by atoms with Crippen LogP contribution >= 0.6 is 11.6 Å². The van der Waals surface area contributed by atoms with Gasteiger partial charge in [0.05, 0.1) is 0 Å². The Morgan fingerprint density at radius 3 is 2.55 bits per heavy atom. The number of carbonyl (C=O) groups excluding carboxylic acids is 1. The first-order valence-electron chi connectivity index (χ1n) is 7.34. The summed E-state index contributed by atoms with van der Waals surface area (Å²) in [5.41, 5.74) is 0.694. The summed E-state index contributed by atoms with van der Waals surface area (Å²) < 4.78 is 5.41. The first kappa shape index (κ1) is 15.4. The van der Waals surface area contributed by atoms with E-state index in [-0.39, 0.29) is 11.5 Å². The Labute approximate surface area is 126 Å². The first-order chi connectivity index (χ1) is 9.42. The SMILES string of the molecule is CC(C)C1CCC(C)(c2ccccc2)CC1OC(=O)Cl. The highest BCUT2D eigenvalue weighted by atomic mass is 35.5. The summed E-state index contributed by atoms with van der Waals surface area (Å²) in [6.45, 7) is 6.63. The molecule has 1 saturated carbocycles. The van der Waals surface area contributed by atoms with Gasteiger partial charge in [0.1, 0.15) is 6.10 Å². The summed E-state index contributed by atoms with van der Waals surface area (Å²) in [4.78, 5) is 11.2. The average molecular weight is 295 g/mol. The van der Waals surface area contributed by atoms with E-state index in [0.29, 0.717) is 11.8 Å². The number of rotatable bonds is 3. The minimum absolute atomic E-state index is 0.0592. The normalized spacial score (nSPS) is 30.2. The van der Waals surface area contributed by atoms with Crippen LogP contribution in [0.2, 0.25) is 0 Å². The van der Waals surface area contributed by atoms with Crippen LogP contribution in [0.25, 0.3) is 0 Å². The maximum Gasteiger partial charge on any atom is 0.404 e. The molecule has 1 aromatic rings. The van der Waals surface area contributed by atoms with Crippen LogP contribution in [0.1, 0.15) is 45.6 Å². The van der Waals surface area contributed by atoms with Gasteiger partial charge in [-0.1, -0.05) is 51.1 Å². The Hall–Kier alpha value is -1.02. The molecule has 1 fully saturated rings. The lowest BCUT2D eigenvalue weighted by Gasteiger charge is -2.43. The quantitative estimate of drug-likeness (QED) is 0.721. The molecule has 1 aliphatic carbocycles. The summed E-state index contributed by atoms with van der Waals surface area (Å²) in [7, 11) is 0. The molecule has 0 radical (unpaired) electrons. The van der Waals surface area contributed by atoms with Gasteiger partial charge in [0.2, 0.25) is 0 Å². The molecule has 1 aliphatic rings. The van der Waals surface area contributed by atoms with Gasteiger partial charge in [-0.05, 0) is 42.1 Å². The van der Waals surface area contributed by atoms with E-state index in [2.05, 4.69) is 45.0 Å². The van der Waals surface area contributed by atoms with Crippen molar-refractivity contribution < 1.29 is 9.53 Å². The van der Waals surface area contributed by atoms with Crippen LogP contribution in [0, 0.1) is 11.8 Å². The lowest BCUT2D eigenvalue weighted by atomic mass is 9.64. The predicted molar refractivity (Wildman–Crippen MR) is 82.1 cm³/mol. The molecular formula is C17H23ClO2. The van der Waals surface area contributed by atoms with Crippen LogP contribution in [0.3, 0.4) is 0 Å². The van der Waals surface area contributed by atoms with Gasteiger partial charge in [-0.2, -0.15) is 0 Å². The van der Waals surface area contributed by atoms with Gasteiger partial charge in [0.25, 0.3) is 0 Å². The van der Waals surface area contributed by atoms with E-state index in [4.69, 9.17) is 16.3 Å². The van der Waals surface area contributed by atoms with Gasteiger partial charge in [0, 0.05) is 11.6 Å². The van der Waals surface area contributed by atoms with Crippen LogP contribution in [0.15, 0.2) is 30.3 Å². The summed E-state index contributed by atoms with van der Waals surface area (Å²) in [6.07, 6.45) is 2.95. The molecule has 2 nitrogen and oxygen atoms in total. The maximum atomic E-state index is 11.2. The molecule has 0 spiro atoms. The third-order valence-electron chi connectivity index (χ3n) is 4.73. The topological polar surface area (TPSA) is 26.3 Å². The molecule has 20 heavy (non-hydrogen) atoms. The lowest BCUT2D eigenvalue weighted by molar-refractivity contribution is 0.00821. The number of halogens is 1. The van der Waals surface area contributed by atoms with Crippen molar-refractivity contribution in [3.63, 3.8) is 0 Å². The Balaban J connectivity index is 2.21. The molecule has 0 aromatic heterocycles. The van der Waals surface area contributed by atoms with E-state index in [0.717, 1.165) is 19.3 Å². The van der Waals surface area contributed by atoms with Crippen molar-refractivity contribution in [3.05, 3.63) is 35.9 Å². The van der Waals surface area contributed by atoms with Crippen LogP contribution in [0.5, 0.6) is 0 Å². The number of hydrogen-bond donors (Lipinski definition) is 0. The summed E-state index contributed by atoms with van der Waals surface area (Å²) in [5.74, 6) is 0.894. The summed E-state index contributed by atoms with van der Waals surface area (Å²) >= 11 is 5.46. The van der Waals surface area contributed by atoms with Crippen molar-refractivity contribution in [2.75, 3.05) is 0 Å². The molecule has 2 rings (SSSR count). The average Bonchev–Trinajstić information content (AvgIpc) is 2.39. The molecule has 3 unspecified atom stereocenters. The Morgan fingerprint density at radius 2 is 2.00 bits per heavy atom. The van der Waals surface area contributed by atoms with E-state index in [1.165, 1.54) is 5.56 Å². The van der Waals surface area contributed by atoms with Crippen molar-refractivity contribution in [2.24, 2.45) is 11.8 Å². The maximum absolute atomic E-state index is 11.2. The molecule has 0 heterocycles. The zero-order chi connectivity index (χ0) is 14.8. The van der Waals surface area contributed by atoms with Crippen molar-refractivity contribution in [1.82, 2.24) is 0 Å². The van der Waals surface area contributed by atoms with E-state index < -0.39 is 5.43 Å². The molecule has 1 aromatic carbocycles. The number of carbonyl (C=O) groups is 1.